The molecule has 384 valence electrons. The lowest BCUT2D eigenvalue weighted by molar-refractivity contribution is -0.171. The van der Waals surface area contributed by atoms with Crippen LogP contribution in [0.15, 0.2) is 35.3 Å². The lowest BCUT2D eigenvalue weighted by Crippen LogP contribution is -2.66. The van der Waals surface area contributed by atoms with E-state index in [4.69, 9.17) is 25.7 Å². The van der Waals surface area contributed by atoms with Gasteiger partial charge in [0.15, 0.2) is 5.96 Å². The zero-order valence-electron chi connectivity index (χ0n) is 41.4. The molecular weight excluding hydrogens is 897 g/mol. The van der Waals surface area contributed by atoms with Crippen molar-refractivity contribution in [1.29, 1.82) is 0 Å². The van der Waals surface area contributed by atoms with Gasteiger partial charge in [0.2, 0.25) is 41.4 Å². The number of ether oxygens (including phenoxy) is 3. The average Bonchev–Trinajstić information content (AvgIpc) is 3.30. The first-order valence-electron chi connectivity index (χ1n) is 23.6. The van der Waals surface area contributed by atoms with Crippen molar-refractivity contribution >= 4 is 59.2 Å². The average molecular weight is 971 g/mol. The summed E-state index contributed by atoms with van der Waals surface area (Å²) in [4.78, 5) is 133. The van der Waals surface area contributed by atoms with Crippen molar-refractivity contribution in [3.63, 3.8) is 0 Å². The third-order valence-electron chi connectivity index (χ3n) is 12.1. The monoisotopic (exact) mass is 971 g/mol. The molecule has 3 rings (SSSR count). The molecule has 0 aliphatic carbocycles. The Morgan fingerprint density at radius 3 is 2.16 bits per heavy atom. The van der Waals surface area contributed by atoms with Crippen molar-refractivity contribution in [2.75, 3.05) is 27.8 Å². The van der Waals surface area contributed by atoms with Gasteiger partial charge in [0.05, 0.1) is 13.5 Å². The number of guanidine groups is 1. The lowest BCUT2D eigenvalue weighted by atomic mass is 9.93. The van der Waals surface area contributed by atoms with E-state index in [-0.39, 0.29) is 51.0 Å². The summed E-state index contributed by atoms with van der Waals surface area (Å²) in [6.07, 6.45) is -0.694. The Labute approximate surface area is 404 Å². The van der Waals surface area contributed by atoms with Crippen molar-refractivity contribution in [1.82, 2.24) is 36.4 Å². The molecule has 2 heterocycles. The molecule has 7 amide bonds. The maximum Gasteiger partial charge on any atom is 0.329 e. The Hall–Kier alpha value is -6.32. The number of carbonyl (C=O) groups is 9. The molecule has 2 aliphatic heterocycles. The van der Waals surface area contributed by atoms with Gasteiger partial charge in [0, 0.05) is 33.5 Å². The highest BCUT2D eigenvalue weighted by molar-refractivity contribution is 5.99. The number of esters is 2. The smallest absolute Gasteiger partial charge is 0.329 e. The number of piperidine rings is 1. The van der Waals surface area contributed by atoms with Crippen LogP contribution in [0.1, 0.15) is 105 Å². The third kappa shape index (κ3) is 16.7. The highest BCUT2D eigenvalue weighted by Gasteiger charge is 2.47. The van der Waals surface area contributed by atoms with Crippen LogP contribution in [0.2, 0.25) is 0 Å². The predicted molar refractivity (Wildman–Crippen MR) is 253 cm³/mol. The molecule has 2 bridgehead atoms. The number of unbranched alkanes of at least 4 members (excludes halogenated alkanes) is 2. The van der Waals surface area contributed by atoms with E-state index in [0.29, 0.717) is 12.0 Å². The SMILES string of the molecule is CCCCCC(=O)NC(CC(=O)OC)C(=O)NC1C(=O)NC(CCCN=C(N)N)C(=O)NC2CCC(OC)N(C2=O)C(C(C)C)C(=O)N(C)C(Cc2ccccc2)C(=O)NC(C(C)C)C(=O)OC1C. The standard InChI is InChI=1S/C47H74N10O12/c1-10-11-13-20-34(58)51-32(25-36(59)68-9)41(61)55-38-28(6)69-46(66)37(26(2)3)54-42(62)33(24-29-17-14-12-15-18-29)56(7)45(65)39(27(4)5)57-35(67-8)22-21-31(44(57)64)53-40(60)30(52-43(38)63)19-16-23-50-47(48)49/h12,14-15,17-18,26-28,30-33,35,37-39H,10-11,13,16,19-25H2,1-9H3,(H,51,58)(H,52,63)(H,53,60)(H,54,62)(H,55,61)(H4,48,49,50). The van der Waals surface area contributed by atoms with Gasteiger partial charge in [-0.3, -0.25) is 43.3 Å². The van der Waals surface area contributed by atoms with E-state index in [1.807, 2.05) is 6.92 Å². The number of rotatable bonds is 18. The summed E-state index contributed by atoms with van der Waals surface area (Å²) < 4.78 is 16.4. The second-order valence-corrected chi connectivity index (χ2v) is 18.1. The van der Waals surface area contributed by atoms with Crippen LogP contribution in [-0.2, 0) is 63.8 Å². The molecule has 69 heavy (non-hydrogen) atoms. The Morgan fingerprint density at radius 1 is 0.884 bits per heavy atom. The number of cyclic esters (lactones) is 1. The summed E-state index contributed by atoms with van der Waals surface area (Å²) in [5.74, 6) is -8.68. The molecule has 0 radical (unpaired) electrons. The second-order valence-electron chi connectivity index (χ2n) is 18.1. The van der Waals surface area contributed by atoms with Crippen LogP contribution < -0.4 is 38.1 Å². The minimum absolute atomic E-state index is 0.00291. The molecule has 22 nitrogen and oxygen atoms in total. The Kier molecular flexibility index (Phi) is 22.8. The molecule has 9 unspecified atom stereocenters. The lowest BCUT2D eigenvalue weighted by Gasteiger charge is -2.45. The predicted octanol–water partition coefficient (Wildman–Crippen LogP) is -0.102. The summed E-state index contributed by atoms with van der Waals surface area (Å²) in [7, 11) is 3.93. The maximum absolute atomic E-state index is 14.9. The molecule has 22 heteroatoms. The van der Waals surface area contributed by atoms with Gasteiger partial charge in [-0.2, -0.15) is 0 Å². The topological polar surface area (TPSA) is 312 Å². The highest BCUT2D eigenvalue weighted by Crippen LogP contribution is 2.28. The van der Waals surface area contributed by atoms with Gasteiger partial charge in [0.1, 0.15) is 54.6 Å². The summed E-state index contributed by atoms with van der Waals surface area (Å²) in [6.45, 7) is 10.0. The molecular formula is C47H74N10O12. The number of benzene rings is 1. The molecule has 1 aromatic carbocycles. The van der Waals surface area contributed by atoms with Crippen LogP contribution in [0.25, 0.3) is 0 Å². The minimum atomic E-state index is -1.80. The van der Waals surface area contributed by atoms with Gasteiger partial charge >= 0.3 is 11.9 Å². The molecule has 9 atom stereocenters. The summed E-state index contributed by atoms with van der Waals surface area (Å²) >= 11 is 0. The number of fused-ring (bicyclic) bond motifs is 2. The van der Waals surface area contributed by atoms with Crippen LogP contribution in [0.4, 0.5) is 0 Å². The number of methoxy groups -OCH3 is 2. The van der Waals surface area contributed by atoms with Gasteiger partial charge in [-0.25, -0.2) is 4.79 Å². The van der Waals surface area contributed by atoms with Gasteiger partial charge in [-0.15, -0.1) is 0 Å². The fourth-order valence-corrected chi connectivity index (χ4v) is 8.19. The van der Waals surface area contributed by atoms with Gasteiger partial charge in [-0.05, 0) is 56.4 Å². The molecule has 0 aromatic heterocycles. The number of nitrogens with two attached hydrogens (primary N) is 2. The summed E-state index contributed by atoms with van der Waals surface area (Å²) in [5, 5.41) is 13.2. The number of hydrogen-bond acceptors (Lipinski definition) is 13. The molecule has 9 N–H and O–H groups in total. The molecule has 0 spiro atoms. The van der Waals surface area contributed by atoms with Crippen LogP contribution in [0.3, 0.4) is 0 Å². The number of amides is 7. The quantitative estimate of drug-likeness (QED) is 0.0438. The van der Waals surface area contributed by atoms with E-state index in [0.717, 1.165) is 20.0 Å². The zero-order valence-corrected chi connectivity index (χ0v) is 41.4. The van der Waals surface area contributed by atoms with Crippen LogP contribution in [0.5, 0.6) is 0 Å². The summed E-state index contributed by atoms with van der Waals surface area (Å²) in [5.41, 5.74) is 11.8. The van der Waals surface area contributed by atoms with Crippen molar-refractivity contribution in [2.24, 2.45) is 28.3 Å². The fourth-order valence-electron chi connectivity index (χ4n) is 8.19. The number of carbonyl (C=O) groups excluding carboxylic acids is 9. The van der Waals surface area contributed by atoms with Gasteiger partial charge < -0.3 is 62.1 Å². The minimum Gasteiger partial charge on any atom is -0.469 e. The van der Waals surface area contributed by atoms with Crippen molar-refractivity contribution in [2.45, 2.75) is 160 Å². The van der Waals surface area contributed by atoms with Gasteiger partial charge in [0.25, 0.3) is 0 Å². The van der Waals surface area contributed by atoms with E-state index >= 15 is 0 Å². The molecule has 2 saturated heterocycles. The van der Waals surface area contributed by atoms with Crippen LogP contribution in [-0.4, -0.2) is 151 Å². The van der Waals surface area contributed by atoms with Crippen molar-refractivity contribution < 1.29 is 57.4 Å². The van der Waals surface area contributed by atoms with Crippen molar-refractivity contribution in [3.05, 3.63) is 35.9 Å². The molecule has 2 fully saturated rings. The first-order valence-corrected chi connectivity index (χ1v) is 23.6. The number of nitrogens with zero attached hydrogens (tertiary/aromatic N) is 3. The Morgan fingerprint density at radius 2 is 1.57 bits per heavy atom. The first kappa shape index (κ1) is 57.0. The highest BCUT2D eigenvalue weighted by atomic mass is 16.5. The van der Waals surface area contributed by atoms with E-state index < -0.39 is 126 Å². The normalized spacial score (nSPS) is 24.7. The van der Waals surface area contributed by atoms with E-state index in [9.17, 15) is 43.2 Å². The number of likely N-dealkylation sites (N-methyl/N-ethyl adjacent to an activating group) is 1. The Balaban J connectivity index is 2.24. The van der Waals surface area contributed by atoms with Crippen molar-refractivity contribution in [3.8, 4) is 0 Å². The number of hydrogen-bond donors (Lipinski definition) is 7. The van der Waals surface area contributed by atoms with E-state index in [1.54, 1.807) is 58.0 Å². The molecule has 2 aliphatic rings. The fraction of sp³-hybridized carbons (Fsp3) is 0.660. The number of aliphatic imine (C=N–C) groups is 1. The Bertz CT molecular complexity index is 1980. The summed E-state index contributed by atoms with van der Waals surface area (Å²) in [6, 6.07) is -0.909. The van der Waals surface area contributed by atoms with Gasteiger partial charge in [-0.1, -0.05) is 77.8 Å². The largest absolute Gasteiger partial charge is 0.469 e. The zero-order chi connectivity index (χ0) is 51.5. The first-order chi connectivity index (χ1) is 32.6. The second kappa shape index (κ2) is 27.6. The molecule has 0 saturated carbocycles. The van der Waals surface area contributed by atoms with Crippen LogP contribution in [0, 0.1) is 11.8 Å². The third-order valence-corrected chi connectivity index (χ3v) is 12.1. The maximum atomic E-state index is 14.9. The van der Waals surface area contributed by atoms with E-state index in [1.165, 1.54) is 30.9 Å². The van der Waals surface area contributed by atoms with Crippen LogP contribution >= 0.6 is 0 Å². The number of nitrogens with one attached hydrogen (secondary N) is 5. The van der Waals surface area contributed by atoms with E-state index in [2.05, 4.69) is 31.6 Å². The molecule has 1 aromatic rings.